The van der Waals surface area contributed by atoms with Crippen molar-refractivity contribution in [3.8, 4) is 11.8 Å². The largest absolute Gasteiger partial charge is 0.490 e. The molecule has 3 aromatic rings. The van der Waals surface area contributed by atoms with Crippen LogP contribution in [0.5, 0.6) is 5.75 Å². The Labute approximate surface area is 259 Å². The first-order chi connectivity index (χ1) is 21.5. The number of hydrogen-bond acceptors (Lipinski definition) is 7. The fourth-order valence-corrected chi connectivity index (χ4v) is 6.34. The smallest absolute Gasteiger partial charge is 0.272 e. The number of pyridine rings is 1. The Morgan fingerprint density at radius 1 is 0.864 bits per heavy atom. The number of benzene rings is 2. The topological polar surface area (TPSA) is 102 Å². The van der Waals surface area contributed by atoms with Gasteiger partial charge in [0.15, 0.2) is 0 Å². The molecule has 0 bridgehead atoms. The summed E-state index contributed by atoms with van der Waals surface area (Å²) in [6, 6.07) is 21.7. The van der Waals surface area contributed by atoms with Gasteiger partial charge in [0.25, 0.3) is 11.8 Å². The molecule has 3 saturated heterocycles. The summed E-state index contributed by atoms with van der Waals surface area (Å²) in [6.45, 7) is 6.10. The highest BCUT2D eigenvalue weighted by molar-refractivity contribution is 5.96. The molecule has 44 heavy (non-hydrogen) atoms. The van der Waals surface area contributed by atoms with E-state index in [1.54, 1.807) is 12.1 Å². The molecular weight excluding hydrogens is 552 g/mol. The summed E-state index contributed by atoms with van der Waals surface area (Å²) in [5.41, 5.74) is 3.92. The second-order valence-electron chi connectivity index (χ2n) is 12.1. The first-order valence-corrected chi connectivity index (χ1v) is 15.8. The van der Waals surface area contributed by atoms with Crippen LogP contribution in [-0.2, 0) is 6.54 Å². The van der Waals surface area contributed by atoms with Gasteiger partial charge < -0.3 is 19.9 Å². The Morgan fingerprint density at radius 2 is 1.57 bits per heavy atom. The van der Waals surface area contributed by atoms with Crippen molar-refractivity contribution < 1.29 is 14.3 Å². The van der Waals surface area contributed by atoms with Crippen LogP contribution in [0.1, 0.15) is 70.5 Å². The molecule has 0 aliphatic carbocycles. The van der Waals surface area contributed by atoms with Crippen LogP contribution in [0, 0.1) is 11.3 Å². The lowest BCUT2D eigenvalue weighted by atomic mass is 10.0. The van der Waals surface area contributed by atoms with Crippen LogP contribution in [-0.4, -0.2) is 78.0 Å². The zero-order valence-electron chi connectivity index (χ0n) is 25.2. The van der Waals surface area contributed by atoms with Gasteiger partial charge in [-0.1, -0.05) is 12.1 Å². The molecule has 3 aliphatic heterocycles. The van der Waals surface area contributed by atoms with E-state index in [-0.39, 0.29) is 24.0 Å². The second-order valence-corrected chi connectivity index (χ2v) is 12.1. The van der Waals surface area contributed by atoms with Crippen molar-refractivity contribution in [1.29, 1.82) is 5.26 Å². The predicted octanol–water partition coefficient (Wildman–Crippen LogP) is 4.63. The molecule has 0 unspecified atom stereocenters. The van der Waals surface area contributed by atoms with Crippen molar-refractivity contribution in [1.82, 2.24) is 20.1 Å². The SMILES string of the molecule is N#Cc1ccc(CN2CCC(NC(=O)c3ccc(C(=O)N4CCC(Oc5ccc(N6CCCC6)cc5)CC4)nc3)CC2)cc1. The van der Waals surface area contributed by atoms with E-state index in [1.807, 2.05) is 29.2 Å². The van der Waals surface area contributed by atoms with Crippen molar-refractivity contribution in [3.63, 3.8) is 0 Å². The van der Waals surface area contributed by atoms with E-state index in [0.717, 1.165) is 64.2 Å². The summed E-state index contributed by atoms with van der Waals surface area (Å²) in [4.78, 5) is 37.0. The van der Waals surface area contributed by atoms with Gasteiger partial charge in [-0.3, -0.25) is 19.5 Å². The summed E-state index contributed by atoms with van der Waals surface area (Å²) >= 11 is 0. The van der Waals surface area contributed by atoms with E-state index in [4.69, 9.17) is 10.00 Å². The number of likely N-dealkylation sites (tertiary alicyclic amines) is 2. The molecule has 0 atom stereocenters. The fraction of sp³-hybridized carbons (Fsp3) is 0.429. The maximum Gasteiger partial charge on any atom is 0.272 e. The average molecular weight is 593 g/mol. The number of carbonyl (C=O) groups excluding carboxylic acids is 2. The first-order valence-electron chi connectivity index (χ1n) is 15.8. The number of hydrogen-bond donors (Lipinski definition) is 1. The van der Waals surface area contributed by atoms with E-state index < -0.39 is 0 Å². The minimum atomic E-state index is -0.159. The van der Waals surface area contributed by atoms with E-state index in [9.17, 15) is 9.59 Å². The minimum absolute atomic E-state index is 0.0820. The lowest BCUT2D eigenvalue weighted by Crippen LogP contribution is -2.44. The van der Waals surface area contributed by atoms with E-state index in [2.05, 4.69) is 50.4 Å². The molecule has 0 spiro atoms. The van der Waals surface area contributed by atoms with Crippen LogP contribution >= 0.6 is 0 Å². The van der Waals surface area contributed by atoms with Gasteiger partial charge in [-0.2, -0.15) is 5.26 Å². The average Bonchev–Trinajstić information content (AvgIpc) is 3.62. The highest BCUT2D eigenvalue weighted by Crippen LogP contribution is 2.25. The van der Waals surface area contributed by atoms with Gasteiger partial charge in [0.05, 0.1) is 17.2 Å². The third-order valence-corrected chi connectivity index (χ3v) is 9.00. The van der Waals surface area contributed by atoms with E-state index in [1.165, 1.54) is 30.3 Å². The maximum absolute atomic E-state index is 13.1. The van der Waals surface area contributed by atoms with Gasteiger partial charge >= 0.3 is 0 Å². The molecule has 228 valence electrons. The Morgan fingerprint density at radius 3 is 2.20 bits per heavy atom. The summed E-state index contributed by atoms with van der Waals surface area (Å²) < 4.78 is 6.22. The Kier molecular flexibility index (Phi) is 9.37. The minimum Gasteiger partial charge on any atom is -0.490 e. The first kappa shape index (κ1) is 29.6. The summed E-state index contributed by atoms with van der Waals surface area (Å²) in [7, 11) is 0. The Hall–Kier alpha value is -4.42. The highest BCUT2D eigenvalue weighted by atomic mass is 16.5. The number of aromatic nitrogens is 1. The monoisotopic (exact) mass is 592 g/mol. The van der Waals surface area contributed by atoms with Crippen LogP contribution in [0.15, 0.2) is 66.9 Å². The van der Waals surface area contributed by atoms with Crippen molar-refractivity contribution >= 4 is 17.5 Å². The molecule has 2 amide bonds. The Bertz CT molecular complexity index is 1450. The van der Waals surface area contributed by atoms with Crippen molar-refractivity contribution in [2.24, 2.45) is 0 Å². The third kappa shape index (κ3) is 7.37. The van der Waals surface area contributed by atoms with Crippen LogP contribution in [0.4, 0.5) is 5.69 Å². The van der Waals surface area contributed by atoms with Gasteiger partial charge in [0.1, 0.15) is 17.5 Å². The zero-order chi connectivity index (χ0) is 30.3. The summed E-state index contributed by atoms with van der Waals surface area (Å²) in [5, 5.41) is 12.1. The van der Waals surface area contributed by atoms with E-state index >= 15 is 0 Å². The van der Waals surface area contributed by atoms with Gasteiger partial charge in [0.2, 0.25) is 0 Å². The molecule has 3 fully saturated rings. The number of nitrogens with one attached hydrogen (secondary N) is 1. The molecule has 1 aromatic heterocycles. The number of piperidine rings is 2. The zero-order valence-corrected chi connectivity index (χ0v) is 25.2. The lowest BCUT2D eigenvalue weighted by molar-refractivity contribution is 0.0589. The molecule has 9 heteroatoms. The number of nitrogens with zero attached hydrogens (tertiary/aromatic N) is 5. The standard InChI is InChI=1S/C35H40N6O3/c36-23-26-3-5-27(6-4-26)25-39-19-13-29(14-20-39)38-34(42)28-7-12-33(37-24-28)35(43)41-21-15-32(16-22-41)44-31-10-8-30(9-11-31)40-17-1-2-18-40/h3-12,24,29,32H,1-2,13-22,25H2,(H,38,42). The molecule has 0 radical (unpaired) electrons. The molecule has 0 saturated carbocycles. The maximum atomic E-state index is 13.1. The van der Waals surface area contributed by atoms with Crippen LogP contribution in [0.3, 0.4) is 0 Å². The normalized spacial score (nSPS) is 18.2. The van der Waals surface area contributed by atoms with Crippen LogP contribution < -0.4 is 15.0 Å². The second kappa shape index (κ2) is 13.9. The van der Waals surface area contributed by atoms with Crippen LogP contribution in [0.25, 0.3) is 0 Å². The molecule has 1 N–H and O–H groups in total. The summed E-state index contributed by atoms with van der Waals surface area (Å²) in [6.07, 6.45) is 7.38. The number of amides is 2. The molecule has 3 aliphatic rings. The number of rotatable bonds is 8. The Balaban J connectivity index is 0.922. The highest BCUT2D eigenvalue weighted by Gasteiger charge is 2.26. The van der Waals surface area contributed by atoms with Gasteiger partial charge in [-0.25, -0.2) is 0 Å². The van der Waals surface area contributed by atoms with Crippen molar-refractivity contribution in [2.45, 2.75) is 57.2 Å². The molecular formula is C35H40N6O3. The number of anilines is 1. The van der Waals surface area contributed by atoms with E-state index in [0.29, 0.717) is 29.9 Å². The van der Waals surface area contributed by atoms with Crippen molar-refractivity contribution in [3.05, 3.63) is 89.2 Å². The molecule has 9 nitrogen and oxygen atoms in total. The number of carbonyl (C=O) groups is 2. The quantitative estimate of drug-likeness (QED) is 0.407. The molecule has 4 heterocycles. The van der Waals surface area contributed by atoms with Gasteiger partial charge in [0, 0.05) is 76.6 Å². The number of nitriles is 1. The van der Waals surface area contributed by atoms with Gasteiger partial charge in [-0.05, 0) is 79.8 Å². The van der Waals surface area contributed by atoms with Crippen LogP contribution in [0.2, 0.25) is 0 Å². The third-order valence-electron chi connectivity index (χ3n) is 9.00. The van der Waals surface area contributed by atoms with Crippen molar-refractivity contribution in [2.75, 3.05) is 44.2 Å². The molecule has 6 rings (SSSR count). The number of ether oxygens (including phenoxy) is 1. The van der Waals surface area contributed by atoms with Gasteiger partial charge in [-0.15, -0.1) is 0 Å². The molecule has 2 aromatic carbocycles. The summed E-state index contributed by atoms with van der Waals surface area (Å²) in [5.74, 6) is 0.607. The lowest BCUT2D eigenvalue weighted by Gasteiger charge is -2.32. The predicted molar refractivity (Wildman–Crippen MR) is 169 cm³/mol. The fourth-order valence-electron chi connectivity index (χ4n) is 6.34.